The number of nitrogens with zero attached hydrogens (tertiary/aromatic N) is 3. The molecule has 10 nitrogen and oxygen atoms in total. The normalized spacial score (nSPS) is 16.9. The summed E-state index contributed by atoms with van der Waals surface area (Å²) >= 11 is 0. The number of hydrogen-bond acceptors (Lipinski definition) is 9. The Morgan fingerprint density at radius 2 is 1.89 bits per heavy atom. The summed E-state index contributed by atoms with van der Waals surface area (Å²) in [7, 11) is -1.17. The summed E-state index contributed by atoms with van der Waals surface area (Å²) in [5.74, 6) is 0.761. The fraction of sp³-hybridized carbons (Fsp3) is 0.346. The lowest BCUT2D eigenvalue weighted by atomic mass is 9.97. The minimum absolute atomic E-state index is 0.124. The number of carbonyl (C=O) groups is 1. The number of amides is 1. The van der Waals surface area contributed by atoms with Crippen molar-refractivity contribution in [3.05, 3.63) is 54.2 Å². The highest BCUT2D eigenvalue weighted by Crippen LogP contribution is 2.41. The van der Waals surface area contributed by atoms with Crippen LogP contribution in [-0.2, 0) is 10.0 Å². The minimum Gasteiger partial charge on any atom is -0.493 e. The highest BCUT2D eigenvalue weighted by molar-refractivity contribution is 7.90. The zero-order chi connectivity index (χ0) is 27.0. The Morgan fingerprint density at radius 1 is 1.14 bits per heavy atom. The maximum Gasteiger partial charge on any atom is 0.268 e. The Hall–Kier alpha value is -3.86. The predicted octanol–water partition coefficient (Wildman–Crippen LogP) is 3.49. The number of aromatic nitrogens is 2. The quantitative estimate of drug-likeness (QED) is 0.475. The van der Waals surface area contributed by atoms with E-state index in [1.807, 2.05) is 17.0 Å². The van der Waals surface area contributed by atoms with Crippen LogP contribution < -0.4 is 24.8 Å². The van der Waals surface area contributed by atoms with Crippen LogP contribution in [0.5, 0.6) is 11.5 Å². The zero-order valence-electron chi connectivity index (χ0n) is 21.5. The van der Waals surface area contributed by atoms with Gasteiger partial charge in [-0.3, -0.25) is 4.79 Å². The van der Waals surface area contributed by atoms with E-state index in [1.165, 1.54) is 18.3 Å². The van der Waals surface area contributed by atoms with Crippen LogP contribution in [0.1, 0.15) is 37.6 Å². The van der Waals surface area contributed by atoms with E-state index in [0.29, 0.717) is 41.0 Å². The molecule has 1 atom stereocenters. The van der Waals surface area contributed by atoms with Crippen LogP contribution in [0.15, 0.2) is 53.6 Å². The standard InChI is InChI=1S/C26H31N5O5S/c1-16-14-26(2,3)31(15-16)24-18(25(32)30-37(33,34)21-10-7-13-28-23(21)27)11-12-19(29-24)17-8-6-9-20(35-4)22(17)36-5/h6-13,16H,14-15H2,1-5H3,(H2,27,28)(H,30,32)/t16-/m0/s1. The molecule has 196 valence electrons. The first-order valence-electron chi connectivity index (χ1n) is 11.8. The molecule has 0 unspecified atom stereocenters. The van der Waals surface area contributed by atoms with Gasteiger partial charge in [0.1, 0.15) is 16.5 Å². The van der Waals surface area contributed by atoms with Crippen LogP contribution in [0.4, 0.5) is 11.6 Å². The number of benzene rings is 1. The molecule has 0 saturated carbocycles. The fourth-order valence-electron chi connectivity index (χ4n) is 4.89. The molecule has 1 fully saturated rings. The Labute approximate surface area is 216 Å². The average molecular weight is 526 g/mol. The van der Waals surface area contributed by atoms with Gasteiger partial charge in [-0.1, -0.05) is 13.0 Å². The summed E-state index contributed by atoms with van der Waals surface area (Å²) in [4.78, 5) is 23.9. The summed E-state index contributed by atoms with van der Waals surface area (Å²) in [6, 6.07) is 11.4. The summed E-state index contributed by atoms with van der Waals surface area (Å²) in [5.41, 5.74) is 6.79. The van der Waals surface area contributed by atoms with Crippen molar-refractivity contribution >= 4 is 27.6 Å². The highest BCUT2D eigenvalue weighted by Gasteiger charge is 2.39. The van der Waals surface area contributed by atoms with Crippen LogP contribution in [0.2, 0.25) is 0 Å². The fourth-order valence-corrected chi connectivity index (χ4v) is 5.94. The average Bonchev–Trinajstić information content (AvgIpc) is 3.14. The van der Waals surface area contributed by atoms with Crippen molar-refractivity contribution in [2.45, 2.75) is 37.6 Å². The first kappa shape index (κ1) is 26.2. The molecule has 3 heterocycles. The SMILES string of the molecule is COc1cccc(-c2ccc(C(=O)NS(=O)(=O)c3cccnc3N)c(N3C[C@@H](C)CC3(C)C)n2)c1OC. The van der Waals surface area contributed by atoms with Crippen LogP contribution >= 0.6 is 0 Å². The lowest BCUT2D eigenvalue weighted by Crippen LogP contribution is -2.41. The molecule has 0 bridgehead atoms. The van der Waals surface area contributed by atoms with E-state index in [1.54, 1.807) is 32.4 Å². The van der Waals surface area contributed by atoms with Gasteiger partial charge >= 0.3 is 0 Å². The topological polar surface area (TPSA) is 137 Å². The van der Waals surface area contributed by atoms with E-state index in [4.69, 9.17) is 20.2 Å². The molecular formula is C26H31N5O5S. The van der Waals surface area contributed by atoms with Gasteiger partial charge in [-0.25, -0.2) is 23.1 Å². The van der Waals surface area contributed by atoms with Gasteiger partial charge in [0.25, 0.3) is 15.9 Å². The number of rotatable bonds is 7. The second-order valence-electron chi connectivity index (χ2n) is 9.66. The first-order valence-corrected chi connectivity index (χ1v) is 13.2. The summed E-state index contributed by atoms with van der Waals surface area (Å²) < 4.78 is 39.1. The van der Waals surface area contributed by atoms with E-state index in [9.17, 15) is 13.2 Å². The van der Waals surface area contributed by atoms with E-state index in [2.05, 4.69) is 30.5 Å². The Balaban J connectivity index is 1.83. The number of para-hydroxylation sites is 1. The third-order valence-electron chi connectivity index (χ3n) is 6.44. The number of nitrogens with two attached hydrogens (primary N) is 1. The van der Waals surface area contributed by atoms with Crippen molar-refractivity contribution in [1.29, 1.82) is 0 Å². The van der Waals surface area contributed by atoms with Gasteiger partial charge in [0, 0.05) is 23.8 Å². The van der Waals surface area contributed by atoms with E-state index < -0.39 is 15.9 Å². The molecular weight excluding hydrogens is 494 g/mol. The molecule has 0 radical (unpaired) electrons. The van der Waals surface area contributed by atoms with E-state index in [0.717, 1.165) is 6.42 Å². The molecule has 4 rings (SSSR count). The molecule has 0 aliphatic carbocycles. The van der Waals surface area contributed by atoms with E-state index >= 15 is 0 Å². The Kier molecular flexibility index (Phi) is 7.00. The van der Waals surface area contributed by atoms with Crippen molar-refractivity contribution in [2.75, 3.05) is 31.4 Å². The van der Waals surface area contributed by atoms with Crippen molar-refractivity contribution in [2.24, 2.45) is 5.92 Å². The number of anilines is 2. The maximum absolute atomic E-state index is 13.4. The second kappa shape index (κ2) is 9.89. The predicted molar refractivity (Wildman–Crippen MR) is 141 cm³/mol. The molecule has 2 aromatic heterocycles. The number of sulfonamides is 1. The number of hydrogen-bond donors (Lipinski definition) is 2. The Bertz CT molecular complexity index is 1440. The molecule has 3 N–H and O–H groups in total. The zero-order valence-corrected chi connectivity index (χ0v) is 22.3. The van der Waals surface area contributed by atoms with Crippen molar-refractivity contribution in [3.8, 4) is 22.8 Å². The van der Waals surface area contributed by atoms with E-state index in [-0.39, 0.29) is 21.8 Å². The largest absolute Gasteiger partial charge is 0.493 e. The minimum atomic E-state index is -4.27. The monoisotopic (exact) mass is 525 g/mol. The highest BCUT2D eigenvalue weighted by atomic mass is 32.2. The van der Waals surface area contributed by atoms with Gasteiger partial charge in [0.2, 0.25) is 0 Å². The molecule has 37 heavy (non-hydrogen) atoms. The van der Waals surface area contributed by atoms with Gasteiger partial charge < -0.3 is 20.1 Å². The van der Waals surface area contributed by atoms with Crippen LogP contribution in [-0.4, -0.2) is 50.6 Å². The molecule has 0 spiro atoms. The number of nitrogens with one attached hydrogen (secondary N) is 1. The van der Waals surface area contributed by atoms with Crippen molar-refractivity contribution < 1.29 is 22.7 Å². The molecule has 1 aliphatic rings. The van der Waals surface area contributed by atoms with Crippen LogP contribution in [0, 0.1) is 5.92 Å². The second-order valence-corrected chi connectivity index (χ2v) is 11.3. The number of ether oxygens (including phenoxy) is 2. The summed E-state index contributed by atoms with van der Waals surface area (Å²) in [5, 5.41) is 0. The number of methoxy groups -OCH3 is 2. The first-order chi connectivity index (χ1) is 17.5. The third kappa shape index (κ3) is 5.04. The van der Waals surface area contributed by atoms with Gasteiger partial charge in [-0.05, 0) is 62.6 Å². The number of nitrogen functional groups attached to an aromatic ring is 1. The molecule has 1 aliphatic heterocycles. The lowest BCUT2D eigenvalue weighted by Gasteiger charge is -2.34. The summed E-state index contributed by atoms with van der Waals surface area (Å²) in [6.07, 6.45) is 2.26. The smallest absolute Gasteiger partial charge is 0.268 e. The third-order valence-corrected chi connectivity index (χ3v) is 7.82. The molecule has 1 saturated heterocycles. The number of pyridine rings is 2. The maximum atomic E-state index is 13.4. The molecule has 3 aromatic rings. The van der Waals surface area contributed by atoms with Crippen molar-refractivity contribution in [1.82, 2.24) is 14.7 Å². The van der Waals surface area contributed by atoms with Gasteiger partial charge in [-0.15, -0.1) is 0 Å². The van der Waals surface area contributed by atoms with Gasteiger partial charge in [0.05, 0.1) is 25.5 Å². The molecule has 11 heteroatoms. The van der Waals surface area contributed by atoms with Crippen molar-refractivity contribution in [3.63, 3.8) is 0 Å². The van der Waals surface area contributed by atoms with Gasteiger partial charge in [-0.2, -0.15) is 0 Å². The van der Waals surface area contributed by atoms with Gasteiger partial charge in [0.15, 0.2) is 11.5 Å². The summed E-state index contributed by atoms with van der Waals surface area (Å²) in [6.45, 7) is 6.94. The molecule has 1 aromatic carbocycles. The lowest BCUT2D eigenvalue weighted by molar-refractivity contribution is 0.0981. The number of carbonyl (C=O) groups excluding carboxylic acids is 1. The molecule has 1 amide bonds. The Morgan fingerprint density at radius 3 is 2.51 bits per heavy atom. The van der Waals surface area contributed by atoms with Crippen LogP contribution in [0.25, 0.3) is 11.3 Å². The van der Waals surface area contributed by atoms with Crippen LogP contribution in [0.3, 0.4) is 0 Å².